The number of aromatic hydroxyl groups is 2. The predicted octanol–water partition coefficient (Wildman–Crippen LogP) is 1.25. The third kappa shape index (κ3) is 3.19. The SMILES string of the molecule is O=C(c1c(O)cccc1O)N1CCN(CCBr)CC1. The van der Waals surface area contributed by atoms with Crippen LogP contribution >= 0.6 is 15.9 Å². The van der Waals surface area contributed by atoms with Gasteiger partial charge in [-0.3, -0.25) is 9.69 Å². The molecule has 1 amide bonds. The van der Waals surface area contributed by atoms with Crippen LogP contribution in [-0.4, -0.2) is 64.0 Å². The first-order valence-electron chi connectivity index (χ1n) is 6.22. The molecule has 0 aromatic heterocycles. The Balaban J connectivity index is 2.05. The van der Waals surface area contributed by atoms with Gasteiger partial charge in [-0.05, 0) is 12.1 Å². The first-order valence-corrected chi connectivity index (χ1v) is 7.34. The van der Waals surface area contributed by atoms with Gasteiger partial charge in [0.15, 0.2) is 0 Å². The molecule has 0 unspecified atom stereocenters. The van der Waals surface area contributed by atoms with E-state index < -0.39 is 0 Å². The van der Waals surface area contributed by atoms with Crippen LogP contribution in [0.3, 0.4) is 0 Å². The zero-order chi connectivity index (χ0) is 13.8. The van der Waals surface area contributed by atoms with Crippen LogP contribution in [0.15, 0.2) is 18.2 Å². The number of hydrogen-bond acceptors (Lipinski definition) is 4. The van der Waals surface area contributed by atoms with Crippen molar-refractivity contribution in [2.75, 3.05) is 38.1 Å². The molecule has 0 atom stereocenters. The number of carbonyl (C=O) groups excluding carboxylic acids is 1. The lowest BCUT2D eigenvalue weighted by molar-refractivity contribution is 0.0639. The molecule has 19 heavy (non-hydrogen) atoms. The Labute approximate surface area is 120 Å². The largest absolute Gasteiger partial charge is 0.507 e. The first kappa shape index (κ1) is 14.1. The quantitative estimate of drug-likeness (QED) is 0.820. The minimum atomic E-state index is -0.311. The summed E-state index contributed by atoms with van der Waals surface area (Å²) in [6.45, 7) is 3.81. The van der Waals surface area contributed by atoms with Crippen molar-refractivity contribution < 1.29 is 15.0 Å². The number of halogens is 1. The minimum absolute atomic E-state index is 0.00329. The second-order valence-corrected chi connectivity index (χ2v) is 5.29. The van der Waals surface area contributed by atoms with E-state index in [0.29, 0.717) is 13.1 Å². The van der Waals surface area contributed by atoms with E-state index in [4.69, 9.17) is 0 Å². The Morgan fingerprint density at radius 3 is 2.26 bits per heavy atom. The highest BCUT2D eigenvalue weighted by Crippen LogP contribution is 2.27. The molecule has 0 radical (unpaired) electrons. The van der Waals surface area contributed by atoms with Crippen molar-refractivity contribution in [3.63, 3.8) is 0 Å². The summed E-state index contributed by atoms with van der Waals surface area (Å²) in [7, 11) is 0. The summed E-state index contributed by atoms with van der Waals surface area (Å²) in [5.41, 5.74) is -0.00329. The van der Waals surface area contributed by atoms with E-state index in [9.17, 15) is 15.0 Å². The number of alkyl halides is 1. The lowest BCUT2D eigenvalue weighted by atomic mass is 10.1. The van der Waals surface area contributed by atoms with Crippen molar-refractivity contribution in [2.45, 2.75) is 0 Å². The maximum atomic E-state index is 12.3. The van der Waals surface area contributed by atoms with Crippen molar-refractivity contribution >= 4 is 21.8 Å². The Bertz CT molecular complexity index is 439. The number of rotatable bonds is 3. The molecule has 5 nitrogen and oxygen atoms in total. The van der Waals surface area contributed by atoms with Gasteiger partial charge in [-0.15, -0.1) is 0 Å². The summed E-state index contributed by atoms with van der Waals surface area (Å²) in [4.78, 5) is 16.2. The van der Waals surface area contributed by atoms with E-state index in [-0.39, 0.29) is 23.0 Å². The molecule has 1 aliphatic heterocycles. The lowest BCUT2D eigenvalue weighted by Crippen LogP contribution is -2.49. The van der Waals surface area contributed by atoms with Gasteiger partial charge in [0.1, 0.15) is 17.1 Å². The van der Waals surface area contributed by atoms with Crippen LogP contribution in [0.1, 0.15) is 10.4 Å². The van der Waals surface area contributed by atoms with Gasteiger partial charge < -0.3 is 15.1 Å². The molecule has 0 spiro atoms. The van der Waals surface area contributed by atoms with Crippen LogP contribution in [0.25, 0.3) is 0 Å². The molecule has 1 aromatic carbocycles. The summed E-state index contributed by atoms with van der Waals surface area (Å²) in [6.07, 6.45) is 0. The number of carbonyl (C=O) groups is 1. The lowest BCUT2D eigenvalue weighted by Gasteiger charge is -2.34. The summed E-state index contributed by atoms with van der Waals surface area (Å²) in [5.74, 6) is -0.658. The number of amides is 1. The number of phenols is 2. The summed E-state index contributed by atoms with van der Waals surface area (Å²) in [5, 5.41) is 20.3. The number of nitrogens with zero attached hydrogens (tertiary/aromatic N) is 2. The van der Waals surface area contributed by atoms with Crippen LogP contribution in [-0.2, 0) is 0 Å². The Kier molecular flexibility index (Phi) is 4.66. The zero-order valence-electron chi connectivity index (χ0n) is 10.5. The van der Waals surface area contributed by atoms with Gasteiger partial charge in [-0.2, -0.15) is 0 Å². The van der Waals surface area contributed by atoms with Gasteiger partial charge >= 0.3 is 0 Å². The molecule has 6 heteroatoms. The van der Waals surface area contributed by atoms with Gasteiger partial charge in [0.25, 0.3) is 5.91 Å². The fourth-order valence-electron chi connectivity index (χ4n) is 2.20. The molecule has 0 saturated carbocycles. The predicted molar refractivity (Wildman–Crippen MR) is 75.9 cm³/mol. The van der Waals surface area contributed by atoms with Crippen molar-refractivity contribution in [2.24, 2.45) is 0 Å². The molecule has 1 heterocycles. The Morgan fingerprint density at radius 2 is 1.74 bits per heavy atom. The van der Waals surface area contributed by atoms with Crippen LogP contribution < -0.4 is 0 Å². The van der Waals surface area contributed by atoms with Crippen LogP contribution in [0.5, 0.6) is 11.5 Å². The smallest absolute Gasteiger partial charge is 0.261 e. The number of piperazine rings is 1. The van der Waals surface area contributed by atoms with E-state index in [1.807, 2.05) is 0 Å². The maximum Gasteiger partial charge on any atom is 0.261 e. The third-order valence-electron chi connectivity index (χ3n) is 3.29. The monoisotopic (exact) mass is 328 g/mol. The minimum Gasteiger partial charge on any atom is -0.507 e. The van der Waals surface area contributed by atoms with Crippen LogP contribution in [0, 0.1) is 0 Å². The maximum absolute atomic E-state index is 12.3. The summed E-state index contributed by atoms with van der Waals surface area (Å²) < 4.78 is 0. The fraction of sp³-hybridized carbons (Fsp3) is 0.462. The van der Waals surface area contributed by atoms with Gasteiger partial charge in [-0.25, -0.2) is 0 Å². The molecule has 2 rings (SSSR count). The summed E-state index contributed by atoms with van der Waals surface area (Å²) in [6, 6.07) is 4.33. The summed E-state index contributed by atoms with van der Waals surface area (Å²) >= 11 is 3.40. The van der Waals surface area contributed by atoms with Gasteiger partial charge in [0.2, 0.25) is 0 Å². The average Bonchev–Trinajstić information content (AvgIpc) is 2.39. The molecule has 104 valence electrons. The van der Waals surface area contributed by atoms with Crippen molar-refractivity contribution in [1.82, 2.24) is 9.80 Å². The van der Waals surface area contributed by atoms with Crippen LogP contribution in [0.2, 0.25) is 0 Å². The molecule has 2 N–H and O–H groups in total. The van der Waals surface area contributed by atoms with Crippen LogP contribution in [0.4, 0.5) is 0 Å². The topological polar surface area (TPSA) is 64.0 Å². The van der Waals surface area contributed by atoms with Crippen molar-refractivity contribution in [3.8, 4) is 11.5 Å². The fourth-order valence-corrected chi connectivity index (χ4v) is 2.70. The first-order chi connectivity index (χ1) is 9.13. The normalized spacial score (nSPS) is 16.6. The molecule has 0 aliphatic carbocycles. The molecular weight excluding hydrogens is 312 g/mol. The number of hydrogen-bond donors (Lipinski definition) is 2. The van der Waals surface area contributed by atoms with Gasteiger partial charge in [0, 0.05) is 38.1 Å². The third-order valence-corrected chi connectivity index (χ3v) is 3.65. The molecule has 0 bridgehead atoms. The highest BCUT2D eigenvalue weighted by Gasteiger charge is 2.25. The van der Waals surface area contributed by atoms with E-state index in [2.05, 4.69) is 20.8 Å². The Morgan fingerprint density at radius 1 is 1.16 bits per heavy atom. The zero-order valence-corrected chi connectivity index (χ0v) is 12.1. The van der Waals surface area contributed by atoms with E-state index in [1.54, 1.807) is 4.90 Å². The Hall–Kier alpha value is -1.27. The number of phenolic OH excluding ortho intramolecular Hbond substituents is 2. The van der Waals surface area contributed by atoms with Gasteiger partial charge in [-0.1, -0.05) is 22.0 Å². The van der Waals surface area contributed by atoms with Gasteiger partial charge in [0.05, 0.1) is 0 Å². The van der Waals surface area contributed by atoms with E-state index in [0.717, 1.165) is 25.0 Å². The van der Waals surface area contributed by atoms with Crippen molar-refractivity contribution in [1.29, 1.82) is 0 Å². The molecular formula is C13H17BrN2O3. The highest BCUT2D eigenvalue weighted by atomic mass is 79.9. The molecule has 1 aromatic rings. The second-order valence-electron chi connectivity index (χ2n) is 4.49. The second kappa shape index (κ2) is 6.25. The number of benzene rings is 1. The van der Waals surface area contributed by atoms with E-state index in [1.165, 1.54) is 18.2 Å². The average molecular weight is 329 g/mol. The molecule has 1 saturated heterocycles. The molecule has 1 aliphatic rings. The standard InChI is InChI=1S/C13H17BrN2O3/c14-4-5-15-6-8-16(9-7-15)13(19)12-10(17)2-1-3-11(12)18/h1-3,17-18H,4-9H2. The molecule has 1 fully saturated rings. The highest BCUT2D eigenvalue weighted by molar-refractivity contribution is 9.09. The van der Waals surface area contributed by atoms with E-state index >= 15 is 0 Å². The van der Waals surface area contributed by atoms with Crippen molar-refractivity contribution in [3.05, 3.63) is 23.8 Å².